The molecule has 0 N–H and O–H groups in total. The molecule has 0 atom stereocenters. The number of hydrogen-bond donors (Lipinski definition) is 0. The van der Waals surface area contributed by atoms with Crippen molar-refractivity contribution in [1.82, 2.24) is 0 Å². The summed E-state index contributed by atoms with van der Waals surface area (Å²) >= 11 is 2.17. The topological polar surface area (TPSA) is 0 Å². The van der Waals surface area contributed by atoms with Crippen LogP contribution in [0.3, 0.4) is 0 Å². The molecule has 0 bridgehead atoms. The van der Waals surface area contributed by atoms with Crippen LogP contribution in [0.5, 0.6) is 0 Å². The van der Waals surface area contributed by atoms with E-state index in [1.54, 1.807) is 0 Å². The molecule has 2 aromatic carbocycles. The molecule has 2 rings (SSSR count). The monoisotopic (exact) mass is 393 g/mol. The van der Waals surface area contributed by atoms with Gasteiger partial charge >= 0.3 is 102 Å². The van der Waals surface area contributed by atoms with Crippen molar-refractivity contribution < 1.29 is 18.1 Å². The standard InChI is InChI=1S/C13H13P.Os/c1-14(12-8-4-2-5-9-12)13-10-6-3-7-11-13;/h2-11H,1H3;/q;-1/p+1. The van der Waals surface area contributed by atoms with E-state index in [2.05, 4.69) is 85.4 Å². The van der Waals surface area contributed by atoms with Gasteiger partial charge < -0.3 is 0 Å². The molecule has 0 fully saturated rings. The van der Waals surface area contributed by atoms with Gasteiger partial charge in [-0.05, 0) is 0 Å². The van der Waals surface area contributed by atoms with Gasteiger partial charge in [-0.3, -0.25) is 0 Å². The van der Waals surface area contributed by atoms with E-state index in [-0.39, 0.29) is 0 Å². The van der Waals surface area contributed by atoms with E-state index in [4.69, 9.17) is 0 Å². The maximum atomic E-state index is 2.41. The second kappa shape index (κ2) is 4.57. The van der Waals surface area contributed by atoms with Crippen molar-refractivity contribution in [3.8, 4) is 0 Å². The fourth-order valence-corrected chi connectivity index (χ4v) is 6.16. The number of benzene rings is 2. The minimum absolute atomic E-state index is 1.43. The van der Waals surface area contributed by atoms with Crippen molar-refractivity contribution in [2.45, 2.75) is 0 Å². The first-order chi connectivity index (χ1) is 7.21. The quantitative estimate of drug-likeness (QED) is 0.690. The summed E-state index contributed by atoms with van der Waals surface area (Å²) in [7, 11) is 0. The maximum absolute atomic E-state index is 2.41. The summed E-state index contributed by atoms with van der Waals surface area (Å²) in [6.07, 6.45) is 0. The van der Waals surface area contributed by atoms with Gasteiger partial charge in [-0.1, -0.05) is 0 Å². The van der Waals surface area contributed by atoms with Gasteiger partial charge in [0.2, 0.25) is 0 Å². The molecule has 0 nitrogen and oxygen atoms in total. The third kappa shape index (κ3) is 2.36. The van der Waals surface area contributed by atoms with Crippen LogP contribution in [0.1, 0.15) is 0 Å². The zero-order valence-corrected chi connectivity index (χ0v) is 12.2. The molecule has 0 heterocycles. The van der Waals surface area contributed by atoms with E-state index in [0.717, 1.165) is 0 Å². The Morgan fingerprint density at radius 2 is 1.07 bits per heavy atom. The van der Waals surface area contributed by atoms with Crippen LogP contribution in [-0.2, 0) is 18.1 Å². The molecular formula is C13H14OsP. The summed E-state index contributed by atoms with van der Waals surface area (Å²) in [4.78, 5) is 0. The fourth-order valence-electron chi connectivity index (χ4n) is 1.66. The first-order valence-electron chi connectivity index (χ1n) is 5.00. The Balaban J connectivity index is 2.44. The Morgan fingerprint density at radius 3 is 1.40 bits per heavy atom. The predicted molar refractivity (Wildman–Crippen MR) is 66.4 cm³/mol. The molecule has 2 aromatic rings. The van der Waals surface area contributed by atoms with E-state index in [1.165, 1.54) is 10.6 Å². The van der Waals surface area contributed by atoms with Crippen LogP contribution in [0.2, 0.25) is 0 Å². The van der Waals surface area contributed by atoms with E-state index < -0.39 is 5.55 Å². The SMILES string of the molecule is C[PH]([Os])(c1ccccc1)c1ccccc1. The zero-order chi connectivity index (χ0) is 10.7. The summed E-state index contributed by atoms with van der Waals surface area (Å²) in [5, 5.41) is 3.02. The number of rotatable bonds is 2. The Hall–Kier alpha value is -0.494. The number of hydrogen-bond acceptors (Lipinski definition) is 0. The third-order valence-corrected chi connectivity index (χ3v) is 9.82. The Labute approximate surface area is 101 Å². The molecule has 15 heavy (non-hydrogen) atoms. The normalized spacial score (nSPS) is 12.4. The zero-order valence-electron chi connectivity index (χ0n) is 8.63. The molecule has 0 aliphatic carbocycles. The molecule has 0 aliphatic heterocycles. The molecule has 79 valence electrons. The van der Waals surface area contributed by atoms with Crippen molar-refractivity contribution in [3.05, 3.63) is 60.7 Å². The van der Waals surface area contributed by atoms with E-state index in [1.807, 2.05) is 0 Å². The van der Waals surface area contributed by atoms with Crippen LogP contribution in [-0.4, -0.2) is 6.66 Å². The van der Waals surface area contributed by atoms with E-state index in [9.17, 15) is 0 Å². The van der Waals surface area contributed by atoms with Gasteiger partial charge in [0.1, 0.15) is 0 Å². The molecule has 0 unspecified atom stereocenters. The molecule has 0 saturated heterocycles. The van der Waals surface area contributed by atoms with Crippen LogP contribution in [0, 0.1) is 0 Å². The second-order valence-electron chi connectivity index (χ2n) is 3.71. The fraction of sp³-hybridized carbons (Fsp3) is 0.0769. The first kappa shape index (κ1) is 11.0. The van der Waals surface area contributed by atoms with Crippen molar-refractivity contribution in [2.75, 3.05) is 6.66 Å². The summed E-state index contributed by atoms with van der Waals surface area (Å²) in [6, 6.07) is 21.7. The molecule has 0 spiro atoms. The van der Waals surface area contributed by atoms with Gasteiger partial charge in [0.05, 0.1) is 0 Å². The van der Waals surface area contributed by atoms with Gasteiger partial charge in [0.15, 0.2) is 0 Å². The Morgan fingerprint density at radius 1 is 0.733 bits per heavy atom. The summed E-state index contributed by atoms with van der Waals surface area (Å²) < 4.78 is 0. The Bertz CT molecular complexity index is 381. The molecule has 0 radical (unpaired) electrons. The van der Waals surface area contributed by atoms with Gasteiger partial charge in [-0.2, -0.15) is 0 Å². The molecule has 2 heteroatoms. The summed E-state index contributed by atoms with van der Waals surface area (Å²) in [5.41, 5.74) is -1.43. The van der Waals surface area contributed by atoms with E-state index in [0.29, 0.717) is 0 Å². The molecular weight excluding hydrogens is 377 g/mol. The average Bonchev–Trinajstić information content (AvgIpc) is 2.31. The van der Waals surface area contributed by atoms with Crippen molar-refractivity contribution in [2.24, 2.45) is 0 Å². The van der Waals surface area contributed by atoms with Gasteiger partial charge in [0, 0.05) is 0 Å². The van der Waals surface area contributed by atoms with Crippen molar-refractivity contribution in [3.63, 3.8) is 0 Å². The van der Waals surface area contributed by atoms with Crippen LogP contribution >= 0.6 is 5.55 Å². The first-order valence-corrected chi connectivity index (χ1v) is 11.2. The summed E-state index contributed by atoms with van der Waals surface area (Å²) in [5.74, 6) is 0. The third-order valence-electron chi connectivity index (χ3n) is 2.62. The predicted octanol–water partition coefficient (Wildman–Crippen LogP) is 2.48. The van der Waals surface area contributed by atoms with Crippen LogP contribution < -0.4 is 10.6 Å². The molecule has 0 amide bonds. The Kier molecular flexibility index (Phi) is 3.35. The minimum atomic E-state index is -1.43. The van der Waals surface area contributed by atoms with Crippen molar-refractivity contribution in [1.29, 1.82) is 0 Å². The van der Waals surface area contributed by atoms with Gasteiger partial charge in [0.25, 0.3) is 0 Å². The molecule has 0 aromatic heterocycles. The van der Waals surface area contributed by atoms with E-state index >= 15 is 0 Å². The summed E-state index contributed by atoms with van der Waals surface area (Å²) in [6.45, 7) is 2.41. The van der Waals surface area contributed by atoms with Gasteiger partial charge in [-0.15, -0.1) is 0 Å². The molecule has 0 saturated carbocycles. The average molecular weight is 391 g/mol. The van der Waals surface area contributed by atoms with Crippen LogP contribution in [0.4, 0.5) is 0 Å². The second-order valence-corrected chi connectivity index (χ2v) is 14.4. The molecule has 0 aliphatic rings. The van der Waals surface area contributed by atoms with Crippen LogP contribution in [0.25, 0.3) is 0 Å². The van der Waals surface area contributed by atoms with Crippen molar-refractivity contribution >= 4 is 16.2 Å². The van der Waals surface area contributed by atoms with Gasteiger partial charge in [-0.25, -0.2) is 0 Å². The van der Waals surface area contributed by atoms with Crippen LogP contribution in [0.15, 0.2) is 60.7 Å².